The van der Waals surface area contributed by atoms with Gasteiger partial charge < -0.3 is 23.6 Å². The van der Waals surface area contributed by atoms with Gasteiger partial charge in [0.25, 0.3) is 0 Å². The Morgan fingerprint density at radius 2 is 1.48 bits per heavy atom. The summed E-state index contributed by atoms with van der Waals surface area (Å²) >= 11 is 0. The van der Waals surface area contributed by atoms with Gasteiger partial charge >= 0.3 is 154 Å². The zero-order valence-electron chi connectivity index (χ0n) is 15.4. The SMILES string of the molecule is O=P([O-])([O-])C(CCc1cccc(Oc2ccccc2)c1)S(=O)(=O)[O-].[K+].[K+].[K+]. The first-order valence-electron chi connectivity index (χ1n) is 6.94. The molecule has 0 saturated carbocycles. The van der Waals surface area contributed by atoms with E-state index in [0.717, 1.165) is 0 Å². The van der Waals surface area contributed by atoms with Crippen molar-refractivity contribution in [3.8, 4) is 11.5 Å². The molecule has 2 rings (SSSR count). The Morgan fingerprint density at radius 1 is 0.926 bits per heavy atom. The molecular formula is C15H14K3O7PS. The third-order valence-electron chi connectivity index (χ3n) is 3.24. The summed E-state index contributed by atoms with van der Waals surface area (Å²) in [7, 11) is -10.8. The standard InChI is InChI=1S/C15H17O7PS.3K/c16-23(17,18)15(24(19,20)21)10-9-12-5-4-8-14(11-12)22-13-6-2-1-3-7-13;;;/h1-8,11,15H,9-10H2,(H2,16,17,18)(H,19,20,21);;;/q;3*+1/p-3. The first-order chi connectivity index (χ1) is 11.2. The first-order valence-corrected chi connectivity index (χ1v) is 10.0. The van der Waals surface area contributed by atoms with Gasteiger partial charge in [-0.25, -0.2) is 8.42 Å². The molecule has 0 aliphatic carbocycles. The zero-order chi connectivity index (χ0) is 17.8. The number of hydrogen-bond donors (Lipinski definition) is 0. The van der Waals surface area contributed by atoms with E-state index in [-0.39, 0.29) is 161 Å². The summed E-state index contributed by atoms with van der Waals surface area (Å²) in [4.78, 5) is 19.5. The Kier molecular flexibility index (Phi) is 18.1. The molecule has 0 heterocycles. The molecule has 0 fully saturated rings. The Hall–Kier alpha value is 3.21. The molecule has 1 atom stereocenters. The molecule has 2 aromatic carbocycles. The van der Waals surface area contributed by atoms with Gasteiger partial charge in [-0.3, -0.25) is 0 Å². The van der Waals surface area contributed by atoms with Crippen LogP contribution in [0.15, 0.2) is 54.6 Å². The minimum Gasteiger partial charge on any atom is -0.810 e. The van der Waals surface area contributed by atoms with Crippen molar-refractivity contribution in [1.82, 2.24) is 0 Å². The van der Waals surface area contributed by atoms with Crippen LogP contribution in [0.3, 0.4) is 0 Å². The van der Waals surface area contributed by atoms with E-state index in [1.807, 2.05) is 6.07 Å². The fraction of sp³-hybridized carbons (Fsp3) is 0.200. The summed E-state index contributed by atoms with van der Waals surface area (Å²) < 4.78 is 49.4. The molecule has 0 aromatic heterocycles. The van der Waals surface area contributed by atoms with Crippen LogP contribution in [0.1, 0.15) is 12.0 Å². The Morgan fingerprint density at radius 3 is 2.00 bits per heavy atom. The van der Waals surface area contributed by atoms with Crippen molar-refractivity contribution in [2.24, 2.45) is 0 Å². The van der Waals surface area contributed by atoms with Crippen LogP contribution >= 0.6 is 7.60 Å². The number of benzene rings is 2. The van der Waals surface area contributed by atoms with E-state index in [9.17, 15) is 27.3 Å². The number of rotatable bonds is 7. The molecule has 7 nitrogen and oxygen atoms in total. The molecule has 1 unspecified atom stereocenters. The van der Waals surface area contributed by atoms with E-state index in [4.69, 9.17) is 4.74 Å². The Bertz CT molecular complexity index is 843. The molecule has 0 saturated heterocycles. The first kappa shape index (κ1) is 32.4. The maximum Gasteiger partial charge on any atom is 1.00 e. The van der Waals surface area contributed by atoms with Crippen molar-refractivity contribution < 1.29 is 186 Å². The van der Waals surface area contributed by atoms with Gasteiger partial charge in [-0.15, -0.1) is 0 Å². The van der Waals surface area contributed by atoms with Crippen LogP contribution in [0, 0.1) is 0 Å². The van der Waals surface area contributed by atoms with E-state index in [1.54, 1.807) is 48.5 Å². The summed E-state index contributed by atoms with van der Waals surface area (Å²) in [6.07, 6.45) is -0.655. The van der Waals surface area contributed by atoms with Gasteiger partial charge in [0.1, 0.15) is 21.6 Å². The maximum atomic E-state index is 11.0. The normalized spacial score (nSPS) is 12.0. The number of hydrogen-bond acceptors (Lipinski definition) is 7. The van der Waals surface area contributed by atoms with Crippen LogP contribution in [-0.4, -0.2) is 18.0 Å². The average molecular weight is 487 g/mol. The fourth-order valence-electron chi connectivity index (χ4n) is 2.14. The quantitative estimate of drug-likeness (QED) is 0.216. The topological polar surface area (TPSA) is 130 Å². The Balaban J connectivity index is 0. The van der Waals surface area contributed by atoms with Gasteiger partial charge in [0.2, 0.25) is 0 Å². The zero-order valence-corrected chi connectivity index (χ0v) is 26.5. The van der Waals surface area contributed by atoms with Crippen LogP contribution in [0.25, 0.3) is 0 Å². The van der Waals surface area contributed by atoms with E-state index >= 15 is 0 Å². The molecule has 0 aliphatic rings. The molecule has 0 bridgehead atoms. The van der Waals surface area contributed by atoms with Crippen molar-refractivity contribution in [2.45, 2.75) is 17.8 Å². The second-order valence-corrected chi connectivity index (χ2v) is 8.70. The second-order valence-electron chi connectivity index (χ2n) is 5.09. The second kappa shape index (κ2) is 15.1. The minimum absolute atomic E-state index is 0. The number of ether oxygens (including phenoxy) is 1. The molecule has 2 aromatic rings. The molecule has 130 valence electrons. The van der Waals surface area contributed by atoms with Gasteiger partial charge in [0.05, 0.1) is 4.99 Å². The van der Waals surface area contributed by atoms with Crippen LogP contribution in [-0.2, 0) is 21.1 Å². The van der Waals surface area contributed by atoms with Gasteiger partial charge in [-0.1, -0.05) is 37.9 Å². The van der Waals surface area contributed by atoms with Crippen molar-refractivity contribution in [2.75, 3.05) is 0 Å². The van der Waals surface area contributed by atoms with E-state index < -0.39 is 29.1 Å². The van der Waals surface area contributed by atoms with Crippen molar-refractivity contribution in [1.29, 1.82) is 0 Å². The van der Waals surface area contributed by atoms with Gasteiger partial charge in [-0.2, -0.15) is 0 Å². The van der Waals surface area contributed by atoms with Crippen molar-refractivity contribution in [3.05, 3.63) is 60.2 Å². The maximum absolute atomic E-state index is 11.0. The smallest absolute Gasteiger partial charge is 0.810 e. The summed E-state index contributed by atoms with van der Waals surface area (Å²) in [5.41, 5.74) is 0.547. The predicted octanol–water partition coefficient (Wildman–Crippen LogP) is -7.79. The third kappa shape index (κ3) is 12.1. The molecular weight excluding hydrogens is 472 g/mol. The van der Waals surface area contributed by atoms with Gasteiger partial charge in [-0.05, 0) is 42.7 Å². The summed E-state index contributed by atoms with van der Waals surface area (Å²) in [6.45, 7) is 0. The summed E-state index contributed by atoms with van der Waals surface area (Å²) in [5.74, 6) is 1.06. The van der Waals surface area contributed by atoms with Gasteiger partial charge in [0, 0.05) is 0 Å². The number of aryl methyl sites for hydroxylation is 1. The third-order valence-corrected chi connectivity index (χ3v) is 6.66. The van der Waals surface area contributed by atoms with Gasteiger partial charge in [0.15, 0.2) is 0 Å². The van der Waals surface area contributed by atoms with Crippen LogP contribution in [0.2, 0.25) is 0 Å². The Labute approximate surface area is 286 Å². The van der Waals surface area contributed by atoms with E-state index in [0.29, 0.717) is 17.1 Å². The summed E-state index contributed by atoms with van der Waals surface area (Å²) in [6, 6.07) is 15.4. The predicted molar refractivity (Wildman–Crippen MR) is 82.4 cm³/mol. The average Bonchev–Trinajstić information content (AvgIpc) is 2.46. The van der Waals surface area contributed by atoms with Crippen molar-refractivity contribution >= 4 is 17.7 Å². The number of para-hydroxylation sites is 1. The monoisotopic (exact) mass is 486 g/mol. The minimum atomic E-state index is -5.53. The molecule has 0 aliphatic heterocycles. The molecule has 0 spiro atoms. The molecule has 12 heteroatoms. The molecule has 0 N–H and O–H groups in total. The fourth-order valence-corrected chi connectivity index (χ4v) is 4.26. The van der Waals surface area contributed by atoms with Crippen LogP contribution < -0.4 is 169 Å². The van der Waals surface area contributed by atoms with E-state index in [2.05, 4.69) is 0 Å². The largest absolute Gasteiger partial charge is 1.00 e. The molecule has 0 radical (unpaired) electrons. The van der Waals surface area contributed by atoms with Crippen LogP contribution in [0.4, 0.5) is 0 Å². The van der Waals surface area contributed by atoms with Crippen molar-refractivity contribution in [3.63, 3.8) is 0 Å². The molecule has 27 heavy (non-hydrogen) atoms. The molecule has 0 amide bonds. The summed E-state index contributed by atoms with van der Waals surface area (Å²) in [5, 5.41) is 0. The van der Waals surface area contributed by atoms with Crippen LogP contribution in [0.5, 0.6) is 11.5 Å². The van der Waals surface area contributed by atoms with E-state index in [1.165, 1.54) is 0 Å².